The summed E-state index contributed by atoms with van der Waals surface area (Å²) in [7, 11) is -3.21. The normalized spacial score (nSPS) is 28.4. The Morgan fingerprint density at radius 2 is 2.07 bits per heavy atom. The molecule has 0 aliphatic carbocycles. The summed E-state index contributed by atoms with van der Waals surface area (Å²) >= 11 is 0. The highest BCUT2D eigenvalue weighted by atomic mass is 32.2. The molecule has 4 nitrogen and oxygen atoms in total. The van der Waals surface area contributed by atoms with Crippen molar-refractivity contribution < 1.29 is 13.5 Å². The van der Waals surface area contributed by atoms with E-state index in [1.807, 2.05) is 0 Å². The zero-order chi connectivity index (χ0) is 11.1. The van der Waals surface area contributed by atoms with Crippen LogP contribution in [-0.4, -0.2) is 25.9 Å². The van der Waals surface area contributed by atoms with Gasteiger partial charge in [-0.15, -0.1) is 0 Å². The monoisotopic (exact) mass is 227 g/mol. The van der Waals surface area contributed by atoms with Gasteiger partial charge in [-0.05, 0) is 18.1 Å². The fraction of sp³-hybridized carbons (Fsp3) is 0.400. The Morgan fingerprint density at radius 1 is 1.40 bits per heavy atom. The first-order chi connectivity index (χ1) is 6.99. The van der Waals surface area contributed by atoms with E-state index in [9.17, 15) is 13.5 Å². The first kappa shape index (κ1) is 10.6. The molecule has 0 fully saturated rings. The van der Waals surface area contributed by atoms with E-state index >= 15 is 0 Å². The molecule has 0 saturated heterocycles. The van der Waals surface area contributed by atoms with Gasteiger partial charge in [0.2, 0.25) is 0 Å². The molecule has 0 radical (unpaired) electrons. The second-order valence-electron chi connectivity index (χ2n) is 3.88. The number of hydrogen-bond donors (Lipinski definition) is 2. The summed E-state index contributed by atoms with van der Waals surface area (Å²) in [5, 5.41) is 9.25. The van der Waals surface area contributed by atoms with Gasteiger partial charge in [0.1, 0.15) is 0 Å². The van der Waals surface area contributed by atoms with Crippen LogP contribution in [-0.2, 0) is 15.4 Å². The zero-order valence-corrected chi connectivity index (χ0v) is 9.00. The summed E-state index contributed by atoms with van der Waals surface area (Å²) < 4.78 is 23.5. The van der Waals surface area contributed by atoms with Crippen LogP contribution in [0.2, 0.25) is 0 Å². The number of sulfone groups is 1. The summed E-state index contributed by atoms with van der Waals surface area (Å²) in [5.41, 5.74) is 5.59. The van der Waals surface area contributed by atoms with Gasteiger partial charge in [-0.2, -0.15) is 0 Å². The standard InChI is InChI=1S/C10H13NO3S/c11-10(7-12)5-6-15(13,14)9-4-2-1-3-8(9)10/h1-4,12H,5-7,11H2. The highest BCUT2D eigenvalue weighted by molar-refractivity contribution is 7.91. The SMILES string of the molecule is NC1(CO)CCS(=O)(=O)c2ccccc21. The topological polar surface area (TPSA) is 80.4 Å². The lowest BCUT2D eigenvalue weighted by atomic mass is 9.89. The van der Waals surface area contributed by atoms with E-state index in [0.717, 1.165) is 0 Å². The molecule has 0 aromatic heterocycles. The van der Waals surface area contributed by atoms with Crippen LogP contribution < -0.4 is 5.73 Å². The van der Waals surface area contributed by atoms with Crippen molar-refractivity contribution in [3.8, 4) is 0 Å². The fourth-order valence-electron chi connectivity index (χ4n) is 1.87. The van der Waals surface area contributed by atoms with Crippen molar-refractivity contribution in [3.05, 3.63) is 29.8 Å². The Labute approximate surface area is 88.6 Å². The van der Waals surface area contributed by atoms with E-state index in [4.69, 9.17) is 5.73 Å². The number of benzene rings is 1. The number of aliphatic hydroxyl groups is 1. The van der Waals surface area contributed by atoms with Crippen molar-refractivity contribution in [1.82, 2.24) is 0 Å². The maximum atomic E-state index is 11.7. The molecule has 1 atom stereocenters. The molecule has 1 aliphatic rings. The van der Waals surface area contributed by atoms with Gasteiger partial charge in [0.15, 0.2) is 9.84 Å². The predicted molar refractivity (Wildman–Crippen MR) is 56.1 cm³/mol. The van der Waals surface area contributed by atoms with Crippen LogP contribution in [0.5, 0.6) is 0 Å². The van der Waals surface area contributed by atoms with Gasteiger partial charge >= 0.3 is 0 Å². The third kappa shape index (κ3) is 1.56. The van der Waals surface area contributed by atoms with Crippen LogP contribution in [0.4, 0.5) is 0 Å². The van der Waals surface area contributed by atoms with E-state index in [1.165, 1.54) is 0 Å². The average Bonchev–Trinajstić information content (AvgIpc) is 2.25. The lowest BCUT2D eigenvalue weighted by Gasteiger charge is -2.33. The third-order valence-corrected chi connectivity index (χ3v) is 4.63. The van der Waals surface area contributed by atoms with E-state index in [-0.39, 0.29) is 23.7 Å². The van der Waals surface area contributed by atoms with Crippen molar-refractivity contribution in [2.24, 2.45) is 5.73 Å². The Kier molecular flexibility index (Phi) is 2.33. The molecule has 0 saturated carbocycles. The molecule has 2 rings (SSSR count). The van der Waals surface area contributed by atoms with Crippen LogP contribution >= 0.6 is 0 Å². The molecule has 1 aromatic carbocycles. The van der Waals surface area contributed by atoms with Crippen LogP contribution in [0.15, 0.2) is 29.2 Å². The zero-order valence-electron chi connectivity index (χ0n) is 8.18. The van der Waals surface area contributed by atoms with Crippen LogP contribution in [0, 0.1) is 0 Å². The van der Waals surface area contributed by atoms with Crippen molar-refractivity contribution in [2.75, 3.05) is 12.4 Å². The number of nitrogens with two attached hydrogens (primary N) is 1. The number of rotatable bonds is 1. The van der Waals surface area contributed by atoms with Gasteiger partial charge in [-0.1, -0.05) is 18.2 Å². The van der Waals surface area contributed by atoms with Crippen LogP contribution in [0.3, 0.4) is 0 Å². The van der Waals surface area contributed by atoms with Crippen molar-refractivity contribution in [2.45, 2.75) is 16.9 Å². The van der Waals surface area contributed by atoms with Gasteiger partial charge in [0, 0.05) is 0 Å². The molecule has 1 aromatic rings. The summed E-state index contributed by atoms with van der Waals surface area (Å²) in [6, 6.07) is 6.61. The van der Waals surface area contributed by atoms with Gasteiger partial charge in [0.05, 0.1) is 22.8 Å². The van der Waals surface area contributed by atoms with Gasteiger partial charge in [0.25, 0.3) is 0 Å². The molecule has 1 unspecified atom stereocenters. The van der Waals surface area contributed by atoms with Crippen molar-refractivity contribution >= 4 is 9.84 Å². The van der Waals surface area contributed by atoms with Crippen LogP contribution in [0.1, 0.15) is 12.0 Å². The second-order valence-corrected chi connectivity index (χ2v) is 5.96. The molecular weight excluding hydrogens is 214 g/mol. The predicted octanol–water partition coefficient (Wildman–Crippen LogP) is 0.0103. The molecule has 1 aliphatic heterocycles. The van der Waals surface area contributed by atoms with Gasteiger partial charge in [-0.25, -0.2) is 8.42 Å². The van der Waals surface area contributed by atoms with Gasteiger partial charge in [-0.3, -0.25) is 0 Å². The van der Waals surface area contributed by atoms with Crippen LogP contribution in [0.25, 0.3) is 0 Å². The third-order valence-electron chi connectivity index (χ3n) is 2.86. The lowest BCUT2D eigenvalue weighted by Crippen LogP contribution is -2.46. The number of aliphatic hydroxyl groups excluding tert-OH is 1. The van der Waals surface area contributed by atoms with Crippen molar-refractivity contribution in [1.29, 1.82) is 0 Å². The van der Waals surface area contributed by atoms with Crippen molar-refractivity contribution in [3.63, 3.8) is 0 Å². The number of fused-ring (bicyclic) bond motifs is 1. The fourth-order valence-corrected chi connectivity index (χ4v) is 3.62. The smallest absolute Gasteiger partial charge is 0.178 e. The first-order valence-electron chi connectivity index (χ1n) is 4.72. The van der Waals surface area contributed by atoms with E-state index in [1.54, 1.807) is 24.3 Å². The maximum absolute atomic E-state index is 11.7. The molecule has 5 heteroatoms. The summed E-state index contributed by atoms with van der Waals surface area (Å²) in [4.78, 5) is 0.257. The molecule has 82 valence electrons. The molecule has 15 heavy (non-hydrogen) atoms. The van der Waals surface area contributed by atoms with Gasteiger partial charge < -0.3 is 10.8 Å². The Balaban J connectivity index is 2.69. The van der Waals surface area contributed by atoms with E-state index in [0.29, 0.717) is 5.56 Å². The minimum atomic E-state index is -3.21. The molecule has 0 amide bonds. The van der Waals surface area contributed by atoms with E-state index in [2.05, 4.69) is 0 Å². The van der Waals surface area contributed by atoms with E-state index < -0.39 is 15.4 Å². The molecule has 3 N–H and O–H groups in total. The molecular formula is C10H13NO3S. The lowest BCUT2D eigenvalue weighted by molar-refractivity contribution is 0.188. The quantitative estimate of drug-likeness (QED) is 0.708. The highest BCUT2D eigenvalue weighted by Crippen LogP contribution is 2.34. The molecule has 0 bridgehead atoms. The number of hydrogen-bond acceptors (Lipinski definition) is 4. The highest BCUT2D eigenvalue weighted by Gasteiger charge is 2.38. The Morgan fingerprint density at radius 3 is 2.73 bits per heavy atom. The maximum Gasteiger partial charge on any atom is 0.178 e. The summed E-state index contributed by atoms with van der Waals surface area (Å²) in [6.07, 6.45) is 0.267. The minimum absolute atomic E-state index is 0.00106. The summed E-state index contributed by atoms with van der Waals surface area (Å²) in [6.45, 7) is -0.237. The minimum Gasteiger partial charge on any atom is -0.394 e. The largest absolute Gasteiger partial charge is 0.394 e. The summed E-state index contributed by atoms with van der Waals surface area (Å²) in [5.74, 6) is 0.00106. The first-order valence-corrected chi connectivity index (χ1v) is 6.37. The molecule has 1 heterocycles. The molecule has 0 spiro atoms. The Bertz CT molecular complexity index is 483. The Hall–Kier alpha value is -0.910. The second kappa shape index (κ2) is 3.30. The average molecular weight is 227 g/mol.